The molecule has 0 bridgehead atoms. The van der Waals surface area contributed by atoms with Crippen molar-refractivity contribution in [3.63, 3.8) is 0 Å². The van der Waals surface area contributed by atoms with Gasteiger partial charge in [0.25, 0.3) is 0 Å². The maximum Gasteiger partial charge on any atom is 0.124 e. The van der Waals surface area contributed by atoms with Crippen molar-refractivity contribution in [3.05, 3.63) is 169 Å². The van der Waals surface area contributed by atoms with Crippen molar-refractivity contribution >= 4 is 54.6 Å². The summed E-state index contributed by atoms with van der Waals surface area (Å²) in [6.07, 6.45) is 0. The van der Waals surface area contributed by atoms with Crippen LogP contribution >= 0.6 is 0 Å². The minimum atomic E-state index is -0.183. The molecule has 0 atom stereocenters. The highest BCUT2D eigenvalue weighted by Crippen LogP contribution is 2.46. The van der Waals surface area contributed by atoms with E-state index in [1.54, 1.807) is 0 Å². The fraction of sp³-hybridized carbons (Fsp3) is 0.0652. The molecule has 0 unspecified atom stereocenters. The van der Waals surface area contributed by atoms with Gasteiger partial charge in [0.15, 0.2) is 0 Å². The molecule has 4 heteroatoms. The third-order valence-corrected chi connectivity index (χ3v) is 11.0. The Labute approximate surface area is 289 Å². The Hall–Kier alpha value is -6.39. The van der Waals surface area contributed by atoms with Crippen LogP contribution in [0.4, 0.5) is 0 Å². The molecule has 0 aliphatic carbocycles. The predicted molar refractivity (Wildman–Crippen MR) is 207 cm³/mol. The van der Waals surface area contributed by atoms with Crippen LogP contribution in [-0.4, -0.2) is 18.7 Å². The molecule has 0 saturated heterocycles. The van der Waals surface area contributed by atoms with Gasteiger partial charge in [-0.3, -0.25) is 4.57 Å². The van der Waals surface area contributed by atoms with Gasteiger partial charge in [-0.1, -0.05) is 91.0 Å². The predicted octanol–water partition coefficient (Wildman–Crippen LogP) is 11.5. The summed E-state index contributed by atoms with van der Waals surface area (Å²) in [5.74, 6) is 1.09. The van der Waals surface area contributed by atoms with Gasteiger partial charge in [-0.2, -0.15) is 0 Å². The van der Waals surface area contributed by atoms with Gasteiger partial charge in [0.2, 0.25) is 0 Å². The summed E-state index contributed by atoms with van der Waals surface area (Å²) in [6, 6.07) is 57.4. The van der Waals surface area contributed by atoms with Gasteiger partial charge in [-0.25, -0.2) is 4.98 Å². The third-order valence-electron chi connectivity index (χ3n) is 11.0. The number of benzene rings is 7. The number of nitrogens with zero attached hydrogens (tertiary/aromatic N) is 4. The van der Waals surface area contributed by atoms with E-state index in [1.165, 1.54) is 71.7 Å². The van der Waals surface area contributed by atoms with E-state index in [0.717, 1.165) is 22.5 Å². The van der Waals surface area contributed by atoms with Gasteiger partial charge in [-0.15, -0.1) is 0 Å². The number of imidazole rings is 1. The lowest BCUT2D eigenvalue weighted by Gasteiger charge is -2.17. The highest BCUT2D eigenvalue weighted by Gasteiger charge is 2.39. The van der Waals surface area contributed by atoms with E-state index < -0.39 is 0 Å². The van der Waals surface area contributed by atoms with Crippen molar-refractivity contribution < 1.29 is 0 Å². The SMILES string of the molecule is CC1(C)c2ccccc2-n2c1nc1c(-n3c4ccccc4c4cc(-c5ccc6c(c5)c5ccccc5n6-c5ccccc5)ccc43)cccc12. The molecular formula is C46H32N4. The number of hydrogen-bond acceptors (Lipinski definition) is 1. The molecule has 236 valence electrons. The van der Waals surface area contributed by atoms with E-state index in [0.29, 0.717) is 0 Å². The first kappa shape index (κ1) is 27.5. The molecule has 0 amide bonds. The van der Waals surface area contributed by atoms with Crippen LogP contribution in [0.25, 0.3) is 82.8 Å². The lowest BCUT2D eigenvalue weighted by molar-refractivity contribution is 0.621. The van der Waals surface area contributed by atoms with Crippen LogP contribution in [0.15, 0.2) is 158 Å². The van der Waals surface area contributed by atoms with Gasteiger partial charge in [0.1, 0.15) is 11.3 Å². The number of hydrogen-bond donors (Lipinski definition) is 0. The monoisotopic (exact) mass is 640 g/mol. The standard InChI is InChI=1S/C46H32N4/c1-46(2)36-17-8-11-20-41(36)50-43-22-12-21-42(44(43)47-45(46)50)49-38-19-10-7-16-33(38)35-28-30(24-26-40(35)49)29-23-25-39-34(27-29)32-15-6-9-18-37(32)48(39)31-13-4-3-5-14-31/h3-28H,1-2H3. The first-order chi connectivity index (χ1) is 24.6. The summed E-state index contributed by atoms with van der Waals surface area (Å²) in [4.78, 5) is 5.41. The number of fused-ring (bicyclic) bond motifs is 11. The van der Waals surface area contributed by atoms with Gasteiger partial charge >= 0.3 is 0 Å². The van der Waals surface area contributed by atoms with E-state index in [-0.39, 0.29) is 5.41 Å². The van der Waals surface area contributed by atoms with Crippen LogP contribution in [0.3, 0.4) is 0 Å². The average Bonchev–Trinajstić information content (AvgIpc) is 3.88. The van der Waals surface area contributed by atoms with Gasteiger partial charge in [0, 0.05) is 27.2 Å². The molecule has 1 aliphatic heterocycles. The van der Waals surface area contributed by atoms with E-state index in [2.05, 4.69) is 185 Å². The fourth-order valence-electron chi connectivity index (χ4n) is 8.67. The lowest BCUT2D eigenvalue weighted by atomic mass is 9.86. The Morgan fingerprint density at radius 1 is 0.420 bits per heavy atom. The Bertz CT molecular complexity index is 3010. The summed E-state index contributed by atoms with van der Waals surface area (Å²) in [5.41, 5.74) is 14.0. The van der Waals surface area contributed by atoms with E-state index in [4.69, 9.17) is 4.98 Å². The van der Waals surface area contributed by atoms with E-state index in [9.17, 15) is 0 Å². The molecule has 50 heavy (non-hydrogen) atoms. The molecule has 0 N–H and O–H groups in total. The first-order valence-electron chi connectivity index (χ1n) is 17.3. The largest absolute Gasteiger partial charge is 0.309 e. The van der Waals surface area contributed by atoms with Crippen LogP contribution in [0.1, 0.15) is 25.2 Å². The zero-order valence-corrected chi connectivity index (χ0v) is 27.8. The second-order valence-corrected chi connectivity index (χ2v) is 14.1. The maximum atomic E-state index is 5.41. The molecule has 4 nitrogen and oxygen atoms in total. The first-order valence-corrected chi connectivity index (χ1v) is 17.3. The average molecular weight is 641 g/mol. The van der Waals surface area contributed by atoms with E-state index >= 15 is 0 Å². The van der Waals surface area contributed by atoms with Crippen LogP contribution in [0, 0.1) is 0 Å². The summed E-state index contributed by atoms with van der Waals surface area (Å²) in [6.45, 7) is 4.57. The van der Waals surface area contributed by atoms with Crippen molar-refractivity contribution in [2.45, 2.75) is 19.3 Å². The summed E-state index contributed by atoms with van der Waals surface area (Å²) in [5, 5.41) is 4.99. The summed E-state index contributed by atoms with van der Waals surface area (Å²) < 4.78 is 7.15. The second-order valence-electron chi connectivity index (χ2n) is 14.1. The summed E-state index contributed by atoms with van der Waals surface area (Å²) >= 11 is 0. The smallest absolute Gasteiger partial charge is 0.124 e. The lowest BCUT2D eigenvalue weighted by Crippen LogP contribution is -2.16. The van der Waals surface area contributed by atoms with Gasteiger partial charge in [-0.05, 0) is 97.3 Å². The van der Waals surface area contributed by atoms with Crippen molar-refractivity contribution in [2.75, 3.05) is 0 Å². The molecule has 4 heterocycles. The van der Waals surface area contributed by atoms with Crippen molar-refractivity contribution in [3.8, 4) is 28.2 Å². The third kappa shape index (κ3) is 3.57. The normalized spacial score (nSPS) is 13.6. The van der Waals surface area contributed by atoms with Crippen LogP contribution < -0.4 is 0 Å². The van der Waals surface area contributed by atoms with E-state index in [1.807, 2.05) is 0 Å². The van der Waals surface area contributed by atoms with Gasteiger partial charge in [0.05, 0.1) is 44.4 Å². The fourth-order valence-corrected chi connectivity index (χ4v) is 8.67. The highest BCUT2D eigenvalue weighted by molar-refractivity contribution is 6.13. The molecule has 0 fully saturated rings. The molecule has 3 aromatic heterocycles. The van der Waals surface area contributed by atoms with Crippen molar-refractivity contribution in [1.82, 2.24) is 18.7 Å². The van der Waals surface area contributed by atoms with Crippen molar-refractivity contribution in [1.29, 1.82) is 0 Å². The molecule has 11 rings (SSSR count). The van der Waals surface area contributed by atoms with Crippen LogP contribution in [-0.2, 0) is 5.41 Å². The van der Waals surface area contributed by atoms with Gasteiger partial charge < -0.3 is 9.13 Å². The molecule has 1 aliphatic rings. The Kier molecular flexibility index (Phi) is 5.42. The van der Waals surface area contributed by atoms with Crippen LogP contribution in [0.5, 0.6) is 0 Å². The topological polar surface area (TPSA) is 27.7 Å². The molecule has 0 radical (unpaired) electrons. The molecule has 10 aromatic rings. The molecule has 7 aromatic carbocycles. The Morgan fingerprint density at radius 2 is 0.960 bits per heavy atom. The zero-order chi connectivity index (χ0) is 33.1. The number of para-hydroxylation sites is 5. The van der Waals surface area contributed by atoms with Crippen molar-refractivity contribution in [2.24, 2.45) is 0 Å². The highest BCUT2D eigenvalue weighted by atomic mass is 15.1. The zero-order valence-electron chi connectivity index (χ0n) is 27.8. The molecular weight excluding hydrogens is 609 g/mol. The maximum absolute atomic E-state index is 5.41. The minimum absolute atomic E-state index is 0.183. The Balaban J connectivity index is 1.12. The second kappa shape index (κ2) is 9.83. The molecule has 0 saturated carbocycles. The quantitative estimate of drug-likeness (QED) is 0.189. The number of aromatic nitrogens is 4. The number of rotatable bonds is 3. The Morgan fingerprint density at radius 3 is 1.68 bits per heavy atom. The van der Waals surface area contributed by atoms with Crippen LogP contribution in [0.2, 0.25) is 0 Å². The molecule has 0 spiro atoms. The minimum Gasteiger partial charge on any atom is -0.309 e. The summed E-state index contributed by atoms with van der Waals surface area (Å²) in [7, 11) is 0.